The molecule has 0 spiro atoms. The molecule has 6 nitrogen and oxygen atoms in total. The Morgan fingerprint density at radius 1 is 1.25 bits per heavy atom. The summed E-state index contributed by atoms with van der Waals surface area (Å²) in [5.74, 6) is 2.28. The minimum atomic E-state index is -0.112. The van der Waals surface area contributed by atoms with E-state index in [1.807, 2.05) is 23.6 Å². The number of ether oxygens (including phenoxy) is 1. The molecular weight excluding hydrogens is 560 g/mol. The number of carbonyl (C=O) groups excluding carboxylic acids is 1. The van der Waals surface area contributed by atoms with Gasteiger partial charge >= 0.3 is 0 Å². The van der Waals surface area contributed by atoms with Gasteiger partial charge in [0, 0.05) is 28.1 Å². The van der Waals surface area contributed by atoms with Crippen molar-refractivity contribution in [1.82, 2.24) is 14.8 Å². The highest BCUT2D eigenvalue weighted by atomic mass is 79.9. The molecule has 1 amide bonds. The van der Waals surface area contributed by atoms with Crippen molar-refractivity contribution in [1.29, 1.82) is 0 Å². The van der Waals surface area contributed by atoms with Crippen LogP contribution in [0.4, 0.5) is 5.69 Å². The predicted octanol–water partition coefficient (Wildman–Crippen LogP) is 7.36. The van der Waals surface area contributed by atoms with Crippen molar-refractivity contribution < 1.29 is 9.53 Å². The van der Waals surface area contributed by atoms with E-state index < -0.39 is 0 Å². The summed E-state index contributed by atoms with van der Waals surface area (Å²) in [6, 6.07) is 9.62. The third kappa shape index (κ3) is 7.60. The molecule has 0 saturated carbocycles. The molecule has 1 N–H and O–H groups in total. The van der Waals surface area contributed by atoms with Crippen LogP contribution in [0.1, 0.15) is 48.7 Å². The van der Waals surface area contributed by atoms with Crippen LogP contribution in [0.2, 0.25) is 5.02 Å². The number of halogens is 2. The van der Waals surface area contributed by atoms with Gasteiger partial charge in [0.1, 0.15) is 11.6 Å². The molecule has 36 heavy (non-hydrogen) atoms. The van der Waals surface area contributed by atoms with Crippen LogP contribution in [0.5, 0.6) is 5.75 Å². The predicted molar refractivity (Wildman–Crippen MR) is 153 cm³/mol. The lowest BCUT2D eigenvalue weighted by Crippen LogP contribution is -2.15. The van der Waals surface area contributed by atoms with Crippen molar-refractivity contribution in [3.63, 3.8) is 0 Å². The molecule has 0 saturated heterocycles. The van der Waals surface area contributed by atoms with Crippen LogP contribution in [0, 0.1) is 13.8 Å². The molecular formula is C27H32BrClN4O2S. The Balaban J connectivity index is 1.56. The molecule has 0 fully saturated rings. The van der Waals surface area contributed by atoms with E-state index in [9.17, 15) is 4.79 Å². The number of thioether (sulfide) groups is 1. The van der Waals surface area contributed by atoms with E-state index in [4.69, 9.17) is 16.3 Å². The number of hydrogen-bond donors (Lipinski definition) is 1. The normalized spacial score (nSPS) is 11.1. The Bertz CT molecular complexity index is 1230. The van der Waals surface area contributed by atoms with Crippen LogP contribution < -0.4 is 10.1 Å². The molecule has 0 aliphatic carbocycles. The van der Waals surface area contributed by atoms with Gasteiger partial charge in [0.15, 0.2) is 5.16 Å². The molecule has 192 valence electrons. The number of allylic oxidation sites excluding steroid dienone is 1. The summed E-state index contributed by atoms with van der Waals surface area (Å²) >= 11 is 11.0. The highest BCUT2D eigenvalue weighted by Crippen LogP contribution is 2.32. The summed E-state index contributed by atoms with van der Waals surface area (Å²) < 4.78 is 9.21. The minimum absolute atomic E-state index is 0.112. The van der Waals surface area contributed by atoms with Crippen molar-refractivity contribution in [2.24, 2.45) is 0 Å². The maximum atomic E-state index is 12.5. The van der Waals surface area contributed by atoms with Crippen molar-refractivity contribution >= 4 is 50.9 Å². The Kier molecular flexibility index (Phi) is 10.5. The summed E-state index contributed by atoms with van der Waals surface area (Å²) in [7, 11) is 0. The Labute approximate surface area is 231 Å². The average Bonchev–Trinajstić information content (AvgIpc) is 3.19. The first-order valence-corrected chi connectivity index (χ1v) is 14.0. The molecule has 2 aromatic carbocycles. The number of amides is 1. The van der Waals surface area contributed by atoms with Gasteiger partial charge in [-0.15, -0.1) is 16.8 Å². The zero-order valence-corrected chi connectivity index (χ0v) is 24.3. The number of aryl methyl sites for hydroxylation is 3. The SMILES string of the molecule is C=CCn1c(CCCOc2cc(C(C)C)c(Br)cc2C)nnc1SCC(=O)Nc1ccc(Cl)cc1C. The molecule has 1 heterocycles. The standard InChI is InChI=1S/C27H32BrClN4O2S/c1-6-11-33-25(8-7-12-35-24-15-21(17(2)3)22(28)14-19(24)5)31-32-27(33)36-16-26(34)30-23-10-9-20(29)13-18(23)4/h6,9-10,13-15,17H,1,7-8,11-12,16H2,2-5H3,(H,30,34). The van der Waals surface area contributed by atoms with Gasteiger partial charge in [0.05, 0.1) is 12.4 Å². The minimum Gasteiger partial charge on any atom is -0.493 e. The van der Waals surface area contributed by atoms with Crippen molar-refractivity contribution in [2.45, 2.75) is 58.2 Å². The van der Waals surface area contributed by atoms with E-state index in [1.165, 1.54) is 17.3 Å². The van der Waals surface area contributed by atoms with Gasteiger partial charge in [0.25, 0.3) is 0 Å². The van der Waals surface area contributed by atoms with Gasteiger partial charge in [-0.1, -0.05) is 59.2 Å². The molecule has 0 aliphatic rings. The Morgan fingerprint density at radius 2 is 2.03 bits per heavy atom. The Morgan fingerprint density at radius 3 is 2.72 bits per heavy atom. The fraction of sp³-hybridized carbons (Fsp3) is 0.370. The summed E-state index contributed by atoms with van der Waals surface area (Å²) in [5.41, 5.74) is 4.00. The number of anilines is 1. The van der Waals surface area contributed by atoms with Crippen LogP contribution in [0.25, 0.3) is 0 Å². The lowest BCUT2D eigenvalue weighted by Gasteiger charge is -2.15. The molecule has 3 aromatic rings. The second kappa shape index (κ2) is 13.3. The number of carbonyl (C=O) groups is 1. The summed E-state index contributed by atoms with van der Waals surface area (Å²) in [5, 5.41) is 12.9. The molecule has 9 heteroatoms. The number of hydrogen-bond acceptors (Lipinski definition) is 5. The van der Waals surface area contributed by atoms with Gasteiger partial charge in [0.2, 0.25) is 5.91 Å². The fourth-order valence-electron chi connectivity index (χ4n) is 3.69. The van der Waals surface area contributed by atoms with Gasteiger partial charge in [-0.25, -0.2) is 0 Å². The van der Waals surface area contributed by atoms with Gasteiger partial charge in [-0.05, 0) is 73.2 Å². The van der Waals surface area contributed by atoms with Crippen LogP contribution >= 0.6 is 39.3 Å². The number of benzene rings is 2. The van der Waals surface area contributed by atoms with E-state index in [0.29, 0.717) is 35.7 Å². The van der Waals surface area contributed by atoms with Crippen LogP contribution in [-0.2, 0) is 17.8 Å². The lowest BCUT2D eigenvalue weighted by molar-refractivity contribution is -0.113. The number of nitrogens with zero attached hydrogens (tertiary/aromatic N) is 3. The topological polar surface area (TPSA) is 69.0 Å². The maximum absolute atomic E-state index is 12.5. The van der Waals surface area contributed by atoms with Crippen LogP contribution in [0.3, 0.4) is 0 Å². The molecule has 0 unspecified atom stereocenters. The molecule has 1 aromatic heterocycles. The van der Waals surface area contributed by atoms with E-state index in [-0.39, 0.29) is 11.7 Å². The smallest absolute Gasteiger partial charge is 0.234 e. The zero-order valence-electron chi connectivity index (χ0n) is 21.1. The lowest BCUT2D eigenvalue weighted by atomic mass is 10.0. The van der Waals surface area contributed by atoms with Crippen LogP contribution in [-0.4, -0.2) is 33.0 Å². The number of nitrogens with one attached hydrogen (secondary N) is 1. The average molecular weight is 592 g/mol. The maximum Gasteiger partial charge on any atom is 0.234 e. The third-order valence-electron chi connectivity index (χ3n) is 5.62. The van der Waals surface area contributed by atoms with Gasteiger partial charge in [-0.3, -0.25) is 4.79 Å². The molecule has 0 radical (unpaired) electrons. The van der Waals surface area contributed by atoms with Crippen LogP contribution in [0.15, 0.2) is 52.6 Å². The first-order chi connectivity index (χ1) is 17.2. The fourth-order valence-corrected chi connectivity index (χ4v) is 5.59. The highest BCUT2D eigenvalue weighted by molar-refractivity contribution is 9.10. The third-order valence-corrected chi connectivity index (χ3v) is 7.51. The first kappa shape index (κ1) is 28.3. The van der Waals surface area contributed by atoms with E-state index in [0.717, 1.165) is 39.3 Å². The number of aromatic nitrogens is 3. The van der Waals surface area contributed by atoms with Gasteiger partial charge < -0.3 is 14.6 Å². The highest BCUT2D eigenvalue weighted by Gasteiger charge is 2.15. The summed E-state index contributed by atoms with van der Waals surface area (Å²) in [6.07, 6.45) is 3.32. The van der Waals surface area contributed by atoms with Crippen molar-refractivity contribution in [3.8, 4) is 5.75 Å². The summed E-state index contributed by atoms with van der Waals surface area (Å²) in [6.45, 7) is 13.3. The molecule has 0 atom stereocenters. The molecule has 3 rings (SSSR count). The molecule has 0 aliphatic heterocycles. The quantitative estimate of drug-likeness (QED) is 0.135. The van der Waals surface area contributed by atoms with Crippen molar-refractivity contribution in [2.75, 3.05) is 17.7 Å². The second-order valence-electron chi connectivity index (χ2n) is 8.84. The zero-order chi connectivity index (χ0) is 26.2. The number of rotatable bonds is 12. The Hall–Kier alpha value is -2.29. The first-order valence-electron chi connectivity index (χ1n) is 11.8. The van der Waals surface area contributed by atoms with Crippen molar-refractivity contribution in [3.05, 3.63) is 75.0 Å². The molecule has 0 bridgehead atoms. The largest absolute Gasteiger partial charge is 0.493 e. The van der Waals surface area contributed by atoms with E-state index in [2.05, 4.69) is 70.9 Å². The van der Waals surface area contributed by atoms with Gasteiger partial charge in [-0.2, -0.15) is 0 Å². The van der Waals surface area contributed by atoms with E-state index >= 15 is 0 Å². The van der Waals surface area contributed by atoms with E-state index in [1.54, 1.807) is 12.1 Å². The monoisotopic (exact) mass is 590 g/mol. The summed E-state index contributed by atoms with van der Waals surface area (Å²) in [4.78, 5) is 12.5. The second-order valence-corrected chi connectivity index (χ2v) is 11.1.